The highest BCUT2D eigenvalue weighted by Gasteiger charge is 2.13. The van der Waals surface area contributed by atoms with E-state index in [1.807, 2.05) is 18.5 Å². The molecule has 0 spiro atoms. The van der Waals surface area contributed by atoms with E-state index in [1.165, 1.54) is 0 Å². The molecular weight excluding hydrogens is 302 g/mol. The number of anilines is 1. The molecule has 0 aliphatic rings. The van der Waals surface area contributed by atoms with Crippen LogP contribution in [0, 0.1) is 0 Å². The molecular formula is C11H14BrN3OS. The Morgan fingerprint density at radius 3 is 3.12 bits per heavy atom. The Bertz CT molecular complexity index is 490. The zero-order valence-electron chi connectivity index (χ0n) is 9.76. The molecule has 2 rings (SSSR count). The van der Waals surface area contributed by atoms with Crippen molar-refractivity contribution in [2.24, 2.45) is 0 Å². The summed E-state index contributed by atoms with van der Waals surface area (Å²) in [6, 6.07) is 2.01. The molecule has 0 N–H and O–H groups in total. The zero-order valence-corrected chi connectivity index (χ0v) is 12.2. The summed E-state index contributed by atoms with van der Waals surface area (Å²) in [7, 11) is 3.74. The average Bonchev–Trinajstić information content (AvgIpc) is 2.76. The van der Waals surface area contributed by atoms with Crippen molar-refractivity contribution >= 4 is 43.3 Å². The molecule has 92 valence electrons. The number of fused-ring (bicyclic) bond motifs is 1. The van der Waals surface area contributed by atoms with Crippen LogP contribution in [0.3, 0.4) is 0 Å². The standard InChI is InChI=1S/C11H14BrN3OS/c1-15(5-8(12)6-16-2)11-10-9(3-4-17-10)13-7-14-11/h3-4,7-8H,5-6H2,1-2H3. The summed E-state index contributed by atoms with van der Waals surface area (Å²) < 4.78 is 6.24. The minimum absolute atomic E-state index is 0.294. The molecule has 0 aromatic carbocycles. The lowest BCUT2D eigenvalue weighted by molar-refractivity contribution is 0.201. The molecule has 0 radical (unpaired) electrons. The predicted octanol–water partition coefficient (Wildman–Crippen LogP) is 2.54. The Kier molecular flexibility index (Phi) is 4.31. The highest BCUT2D eigenvalue weighted by Crippen LogP contribution is 2.27. The first-order chi connectivity index (χ1) is 8.22. The normalized spacial score (nSPS) is 12.9. The van der Waals surface area contributed by atoms with Crippen LogP contribution in [-0.4, -0.2) is 42.1 Å². The van der Waals surface area contributed by atoms with Crippen molar-refractivity contribution in [3.8, 4) is 0 Å². The van der Waals surface area contributed by atoms with Crippen LogP contribution < -0.4 is 4.90 Å². The van der Waals surface area contributed by atoms with E-state index >= 15 is 0 Å². The first kappa shape index (κ1) is 12.7. The fraction of sp³-hybridized carbons (Fsp3) is 0.455. The summed E-state index contributed by atoms with van der Waals surface area (Å²) in [5.74, 6) is 0.977. The number of methoxy groups -OCH3 is 1. The van der Waals surface area contributed by atoms with Crippen LogP contribution in [0.15, 0.2) is 17.8 Å². The first-order valence-corrected chi connectivity index (χ1v) is 7.04. The van der Waals surface area contributed by atoms with Gasteiger partial charge in [0.15, 0.2) is 0 Å². The predicted molar refractivity (Wildman–Crippen MR) is 75.3 cm³/mol. The lowest BCUT2D eigenvalue weighted by Crippen LogP contribution is -2.28. The molecule has 0 aliphatic heterocycles. The highest BCUT2D eigenvalue weighted by atomic mass is 79.9. The molecule has 1 unspecified atom stereocenters. The van der Waals surface area contributed by atoms with Gasteiger partial charge in [0.2, 0.25) is 0 Å². The maximum Gasteiger partial charge on any atom is 0.149 e. The number of nitrogens with zero attached hydrogens (tertiary/aromatic N) is 3. The Hall–Kier alpha value is -0.720. The highest BCUT2D eigenvalue weighted by molar-refractivity contribution is 9.09. The van der Waals surface area contributed by atoms with Gasteiger partial charge < -0.3 is 9.64 Å². The molecule has 4 nitrogen and oxygen atoms in total. The van der Waals surface area contributed by atoms with E-state index in [9.17, 15) is 0 Å². The van der Waals surface area contributed by atoms with Gasteiger partial charge in [0.25, 0.3) is 0 Å². The van der Waals surface area contributed by atoms with Gasteiger partial charge in [-0.3, -0.25) is 0 Å². The third kappa shape index (κ3) is 2.94. The number of hydrogen-bond donors (Lipinski definition) is 0. The van der Waals surface area contributed by atoms with E-state index in [4.69, 9.17) is 4.74 Å². The average molecular weight is 316 g/mol. The van der Waals surface area contributed by atoms with Crippen molar-refractivity contribution in [2.45, 2.75) is 4.83 Å². The lowest BCUT2D eigenvalue weighted by atomic mass is 10.4. The van der Waals surface area contributed by atoms with Crippen LogP contribution in [-0.2, 0) is 4.74 Å². The Morgan fingerprint density at radius 1 is 1.53 bits per heavy atom. The molecule has 2 aromatic heterocycles. The summed E-state index contributed by atoms with van der Waals surface area (Å²) in [6.45, 7) is 1.53. The van der Waals surface area contributed by atoms with E-state index in [0.29, 0.717) is 11.4 Å². The SMILES string of the molecule is COCC(Br)CN(C)c1ncnc2ccsc12. The van der Waals surface area contributed by atoms with Crippen molar-refractivity contribution < 1.29 is 4.74 Å². The number of halogens is 1. The van der Waals surface area contributed by atoms with Gasteiger partial charge in [-0.15, -0.1) is 11.3 Å². The van der Waals surface area contributed by atoms with Crippen LogP contribution in [0.5, 0.6) is 0 Å². The van der Waals surface area contributed by atoms with Gasteiger partial charge in [-0.05, 0) is 11.4 Å². The molecule has 0 amide bonds. The number of rotatable bonds is 5. The van der Waals surface area contributed by atoms with E-state index in [-0.39, 0.29) is 0 Å². The van der Waals surface area contributed by atoms with Gasteiger partial charge in [0.1, 0.15) is 12.1 Å². The lowest BCUT2D eigenvalue weighted by Gasteiger charge is -2.21. The summed E-state index contributed by atoms with van der Waals surface area (Å²) in [6.07, 6.45) is 1.61. The van der Waals surface area contributed by atoms with E-state index in [2.05, 4.69) is 30.8 Å². The van der Waals surface area contributed by atoms with Gasteiger partial charge in [-0.25, -0.2) is 9.97 Å². The Balaban J connectivity index is 2.18. The molecule has 0 fully saturated rings. The van der Waals surface area contributed by atoms with Gasteiger partial charge >= 0.3 is 0 Å². The second kappa shape index (κ2) is 5.75. The van der Waals surface area contributed by atoms with Crippen LogP contribution in [0.25, 0.3) is 10.2 Å². The first-order valence-electron chi connectivity index (χ1n) is 5.24. The molecule has 6 heteroatoms. The smallest absolute Gasteiger partial charge is 0.149 e. The molecule has 0 bridgehead atoms. The van der Waals surface area contributed by atoms with E-state index < -0.39 is 0 Å². The molecule has 1 atom stereocenters. The zero-order chi connectivity index (χ0) is 12.3. The van der Waals surface area contributed by atoms with Gasteiger partial charge in [-0.1, -0.05) is 15.9 Å². The van der Waals surface area contributed by atoms with Gasteiger partial charge in [0.05, 0.1) is 21.7 Å². The number of aromatic nitrogens is 2. The molecule has 0 saturated carbocycles. The van der Waals surface area contributed by atoms with E-state index in [0.717, 1.165) is 22.6 Å². The minimum Gasteiger partial charge on any atom is -0.383 e. The molecule has 17 heavy (non-hydrogen) atoms. The van der Waals surface area contributed by atoms with Gasteiger partial charge in [-0.2, -0.15) is 0 Å². The summed E-state index contributed by atoms with van der Waals surface area (Å²) in [4.78, 5) is 11.0. The van der Waals surface area contributed by atoms with Crippen molar-refractivity contribution in [1.82, 2.24) is 9.97 Å². The number of thiophene rings is 1. The number of alkyl halides is 1. The van der Waals surface area contributed by atoms with Crippen LogP contribution in [0.2, 0.25) is 0 Å². The van der Waals surface area contributed by atoms with Crippen LogP contribution in [0.4, 0.5) is 5.82 Å². The summed E-state index contributed by atoms with van der Waals surface area (Å²) >= 11 is 5.25. The topological polar surface area (TPSA) is 38.2 Å². The van der Waals surface area contributed by atoms with Crippen molar-refractivity contribution in [3.05, 3.63) is 17.8 Å². The van der Waals surface area contributed by atoms with Crippen LogP contribution >= 0.6 is 27.3 Å². The fourth-order valence-electron chi connectivity index (χ4n) is 1.66. The third-order valence-corrected chi connectivity index (χ3v) is 3.86. The maximum atomic E-state index is 5.11. The Labute approximate surface area is 113 Å². The molecule has 0 saturated heterocycles. The van der Waals surface area contributed by atoms with Gasteiger partial charge in [0, 0.05) is 20.7 Å². The molecule has 2 aromatic rings. The second-order valence-corrected chi connectivity index (χ2v) is 5.98. The minimum atomic E-state index is 0.294. The van der Waals surface area contributed by atoms with E-state index in [1.54, 1.807) is 24.8 Å². The number of ether oxygens (including phenoxy) is 1. The molecule has 2 heterocycles. The maximum absolute atomic E-state index is 5.11. The number of hydrogen-bond acceptors (Lipinski definition) is 5. The van der Waals surface area contributed by atoms with Crippen molar-refractivity contribution in [3.63, 3.8) is 0 Å². The molecule has 0 aliphatic carbocycles. The third-order valence-electron chi connectivity index (χ3n) is 2.41. The monoisotopic (exact) mass is 315 g/mol. The summed E-state index contributed by atoms with van der Waals surface area (Å²) in [5.41, 5.74) is 1.00. The Morgan fingerprint density at radius 2 is 2.35 bits per heavy atom. The fourth-order valence-corrected chi connectivity index (χ4v) is 3.25. The van der Waals surface area contributed by atoms with Crippen molar-refractivity contribution in [1.29, 1.82) is 0 Å². The van der Waals surface area contributed by atoms with Crippen LogP contribution in [0.1, 0.15) is 0 Å². The quantitative estimate of drug-likeness (QED) is 0.795. The second-order valence-electron chi connectivity index (χ2n) is 3.77. The largest absolute Gasteiger partial charge is 0.383 e. The summed E-state index contributed by atoms with van der Waals surface area (Å²) in [5, 5.41) is 2.04. The van der Waals surface area contributed by atoms with Crippen molar-refractivity contribution in [2.75, 3.05) is 32.2 Å².